The van der Waals surface area contributed by atoms with Gasteiger partial charge in [-0.05, 0) is 56.8 Å². The summed E-state index contributed by atoms with van der Waals surface area (Å²) in [4.78, 5) is 14.5. The third-order valence-electron chi connectivity index (χ3n) is 4.24. The molecule has 0 spiro atoms. The highest BCUT2D eigenvalue weighted by Gasteiger charge is 2.29. The zero-order valence-electron chi connectivity index (χ0n) is 13.7. The predicted octanol–water partition coefficient (Wildman–Crippen LogP) is 3.10. The smallest absolute Gasteiger partial charge is 0.251 e. The first-order valence-corrected chi connectivity index (χ1v) is 8.06. The summed E-state index contributed by atoms with van der Waals surface area (Å²) in [6, 6.07) is 9.11. The van der Waals surface area contributed by atoms with Gasteiger partial charge in [-0.25, -0.2) is 0 Å². The van der Waals surface area contributed by atoms with E-state index in [1.54, 1.807) is 0 Å². The van der Waals surface area contributed by atoms with Crippen molar-refractivity contribution in [1.29, 1.82) is 0 Å². The Bertz CT molecular complexity index is 463. The van der Waals surface area contributed by atoms with E-state index >= 15 is 0 Å². The van der Waals surface area contributed by atoms with E-state index in [1.165, 1.54) is 18.4 Å². The maximum atomic E-state index is 12.2. The highest BCUT2D eigenvalue weighted by atomic mass is 16.1. The predicted molar refractivity (Wildman–Crippen MR) is 87.6 cm³/mol. The zero-order valence-corrected chi connectivity index (χ0v) is 13.7. The van der Waals surface area contributed by atoms with Crippen LogP contribution < -0.4 is 5.32 Å². The van der Waals surface area contributed by atoms with Crippen LogP contribution in [0.2, 0.25) is 0 Å². The van der Waals surface area contributed by atoms with E-state index in [4.69, 9.17) is 0 Å². The van der Waals surface area contributed by atoms with Crippen LogP contribution in [0.4, 0.5) is 0 Å². The van der Waals surface area contributed by atoms with Crippen LogP contribution in [0, 0.1) is 5.92 Å². The van der Waals surface area contributed by atoms with Crippen molar-refractivity contribution in [2.75, 3.05) is 13.6 Å². The molecule has 1 aliphatic carbocycles. The molecule has 1 fully saturated rings. The van der Waals surface area contributed by atoms with E-state index in [1.807, 2.05) is 12.1 Å². The van der Waals surface area contributed by atoms with Crippen LogP contribution in [0.3, 0.4) is 0 Å². The monoisotopic (exact) mass is 288 g/mol. The molecule has 1 atom stereocenters. The van der Waals surface area contributed by atoms with Crippen molar-refractivity contribution in [3.8, 4) is 0 Å². The van der Waals surface area contributed by atoms with E-state index in [9.17, 15) is 4.79 Å². The van der Waals surface area contributed by atoms with Crippen molar-refractivity contribution in [2.24, 2.45) is 5.92 Å². The van der Waals surface area contributed by atoms with Gasteiger partial charge in [-0.1, -0.05) is 26.0 Å². The van der Waals surface area contributed by atoms with Crippen LogP contribution in [-0.4, -0.2) is 36.5 Å². The Kier molecular flexibility index (Phi) is 5.40. The van der Waals surface area contributed by atoms with Gasteiger partial charge in [-0.15, -0.1) is 0 Å². The molecule has 1 saturated carbocycles. The van der Waals surface area contributed by atoms with Gasteiger partial charge in [0.05, 0.1) is 0 Å². The zero-order chi connectivity index (χ0) is 15.4. The van der Waals surface area contributed by atoms with Gasteiger partial charge in [0.25, 0.3) is 5.91 Å². The molecule has 0 bridgehead atoms. The molecule has 21 heavy (non-hydrogen) atoms. The van der Waals surface area contributed by atoms with Gasteiger partial charge in [0, 0.05) is 24.2 Å². The Morgan fingerprint density at radius 1 is 1.24 bits per heavy atom. The average molecular weight is 288 g/mol. The average Bonchev–Trinajstić information content (AvgIpc) is 3.28. The molecule has 1 aromatic rings. The highest BCUT2D eigenvalue weighted by molar-refractivity contribution is 5.94. The van der Waals surface area contributed by atoms with Gasteiger partial charge in [-0.2, -0.15) is 0 Å². The molecule has 0 radical (unpaired) electrons. The number of hydrogen-bond donors (Lipinski definition) is 1. The van der Waals surface area contributed by atoms with Crippen LogP contribution in [0.5, 0.6) is 0 Å². The fraction of sp³-hybridized carbons (Fsp3) is 0.611. The Balaban J connectivity index is 1.82. The molecule has 1 aliphatic rings. The molecule has 0 aromatic heterocycles. The fourth-order valence-electron chi connectivity index (χ4n) is 2.59. The summed E-state index contributed by atoms with van der Waals surface area (Å²) in [7, 11) is 2.15. The molecule has 1 amide bonds. The summed E-state index contributed by atoms with van der Waals surface area (Å²) < 4.78 is 0. The number of nitrogens with one attached hydrogen (secondary N) is 1. The fourth-order valence-corrected chi connectivity index (χ4v) is 2.59. The van der Waals surface area contributed by atoms with Gasteiger partial charge in [-0.3, -0.25) is 9.69 Å². The summed E-state index contributed by atoms with van der Waals surface area (Å²) in [5, 5.41) is 3.04. The largest absolute Gasteiger partial charge is 0.350 e. The van der Waals surface area contributed by atoms with Gasteiger partial charge < -0.3 is 5.32 Å². The minimum atomic E-state index is 0.0298. The number of hydrogen-bond acceptors (Lipinski definition) is 2. The number of rotatable bonds is 7. The summed E-state index contributed by atoms with van der Waals surface area (Å²) in [6.07, 6.45) is 3.66. The summed E-state index contributed by atoms with van der Waals surface area (Å²) in [6.45, 7) is 7.29. The molecule has 116 valence electrons. The summed E-state index contributed by atoms with van der Waals surface area (Å²) in [5.74, 6) is 0.672. The maximum absolute atomic E-state index is 12.2. The van der Waals surface area contributed by atoms with E-state index < -0.39 is 0 Å². The Hall–Kier alpha value is -1.35. The van der Waals surface area contributed by atoms with E-state index in [2.05, 4.69) is 50.2 Å². The maximum Gasteiger partial charge on any atom is 0.251 e. The first-order chi connectivity index (χ1) is 9.97. The van der Waals surface area contributed by atoms with Crippen molar-refractivity contribution in [3.05, 3.63) is 35.4 Å². The van der Waals surface area contributed by atoms with E-state index in [0.29, 0.717) is 18.5 Å². The van der Waals surface area contributed by atoms with Gasteiger partial charge in [0.2, 0.25) is 0 Å². The van der Waals surface area contributed by atoms with Crippen molar-refractivity contribution in [2.45, 2.75) is 52.1 Å². The Morgan fingerprint density at radius 2 is 1.86 bits per heavy atom. The van der Waals surface area contributed by atoms with Crippen LogP contribution in [0.1, 0.15) is 49.5 Å². The normalized spacial score (nSPS) is 16.3. The number of amides is 1. The molecule has 1 N–H and O–H groups in total. The van der Waals surface area contributed by atoms with Crippen LogP contribution in [-0.2, 0) is 6.42 Å². The van der Waals surface area contributed by atoms with Crippen LogP contribution >= 0.6 is 0 Å². The summed E-state index contributed by atoms with van der Waals surface area (Å²) in [5.41, 5.74) is 2.05. The molecule has 1 aromatic carbocycles. The number of carbonyl (C=O) groups excluding carboxylic acids is 1. The minimum Gasteiger partial charge on any atom is -0.350 e. The second-order valence-electron chi connectivity index (χ2n) is 6.75. The lowest BCUT2D eigenvalue weighted by Gasteiger charge is -2.24. The molecule has 0 saturated heterocycles. The lowest BCUT2D eigenvalue weighted by atomic mass is 10.0. The van der Waals surface area contributed by atoms with E-state index in [-0.39, 0.29) is 5.91 Å². The van der Waals surface area contributed by atoms with Crippen molar-refractivity contribution >= 4 is 5.91 Å². The van der Waals surface area contributed by atoms with E-state index in [0.717, 1.165) is 18.0 Å². The molecule has 1 unspecified atom stereocenters. The number of benzene rings is 1. The number of likely N-dealkylation sites (N-methyl/N-ethyl adjacent to an activating group) is 1. The van der Waals surface area contributed by atoms with Gasteiger partial charge in [0.15, 0.2) is 0 Å². The first-order valence-electron chi connectivity index (χ1n) is 8.06. The standard InChI is InChI=1S/C18H28N2O/c1-13(2)11-15-5-7-16(8-6-15)18(21)19-12-14(3)20(4)17-9-10-17/h5-8,13-14,17H,9-12H2,1-4H3,(H,19,21). The van der Waals surface area contributed by atoms with Crippen molar-refractivity contribution in [1.82, 2.24) is 10.2 Å². The van der Waals surface area contributed by atoms with Gasteiger partial charge >= 0.3 is 0 Å². The molecule has 0 heterocycles. The van der Waals surface area contributed by atoms with Crippen LogP contribution in [0.25, 0.3) is 0 Å². The number of carbonyl (C=O) groups is 1. The number of nitrogens with zero attached hydrogens (tertiary/aromatic N) is 1. The third kappa shape index (κ3) is 4.85. The second kappa shape index (κ2) is 7.08. The molecular weight excluding hydrogens is 260 g/mol. The highest BCUT2D eigenvalue weighted by Crippen LogP contribution is 2.26. The molecule has 3 nitrogen and oxygen atoms in total. The van der Waals surface area contributed by atoms with Gasteiger partial charge in [0.1, 0.15) is 0 Å². The Labute approximate surface area is 128 Å². The second-order valence-corrected chi connectivity index (χ2v) is 6.75. The van der Waals surface area contributed by atoms with Crippen molar-refractivity contribution < 1.29 is 4.79 Å². The first kappa shape index (κ1) is 16.0. The van der Waals surface area contributed by atoms with Crippen molar-refractivity contribution in [3.63, 3.8) is 0 Å². The minimum absolute atomic E-state index is 0.0298. The lowest BCUT2D eigenvalue weighted by molar-refractivity contribution is 0.0939. The quantitative estimate of drug-likeness (QED) is 0.836. The SMILES string of the molecule is CC(C)Cc1ccc(C(=O)NCC(C)N(C)C2CC2)cc1. The molecule has 3 heteroatoms. The lowest BCUT2D eigenvalue weighted by Crippen LogP contribution is -2.41. The molecule has 0 aliphatic heterocycles. The Morgan fingerprint density at radius 3 is 2.38 bits per heavy atom. The topological polar surface area (TPSA) is 32.3 Å². The summed E-state index contributed by atoms with van der Waals surface area (Å²) >= 11 is 0. The third-order valence-corrected chi connectivity index (χ3v) is 4.24. The molecule has 2 rings (SSSR count). The van der Waals surface area contributed by atoms with Crippen LogP contribution in [0.15, 0.2) is 24.3 Å². The molecular formula is C18H28N2O.